The Balaban J connectivity index is 2.50. The Morgan fingerprint density at radius 1 is 1.00 bits per heavy atom. The van der Waals surface area contributed by atoms with Crippen molar-refractivity contribution >= 4 is 0 Å². The van der Waals surface area contributed by atoms with Crippen molar-refractivity contribution in [3.63, 3.8) is 0 Å². The molecular weight excluding hydrogens is 300 g/mol. The molecule has 0 amide bonds. The minimum atomic E-state index is -2.19. The maximum absolute atomic E-state index is 11.0. The van der Waals surface area contributed by atoms with Crippen molar-refractivity contribution in [1.82, 2.24) is 0 Å². The lowest BCUT2D eigenvalue weighted by Crippen LogP contribution is -2.82. The average molecular weight is 326 g/mol. The summed E-state index contributed by atoms with van der Waals surface area (Å²) in [5.41, 5.74) is -5.63. The molecule has 1 unspecified atom stereocenters. The van der Waals surface area contributed by atoms with Crippen LogP contribution in [0.4, 0.5) is 0 Å². The Kier molecular flexibility index (Phi) is 4.39. The largest absolute Gasteiger partial charge is 0.391 e. The topological polar surface area (TPSA) is 110 Å². The van der Waals surface area contributed by atoms with E-state index in [1.807, 2.05) is 6.07 Å². The third kappa shape index (κ3) is 2.59. The fourth-order valence-electron chi connectivity index (χ4n) is 3.24. The van der Waals surface area contributed by atoms with E-state index in [9.17, 15) is 25.5 Å². The number of hydrogen-bond donors (Lipinski definition) is 5. The maximum Gasteiger partial charge on any atom is 0.202 e. The summed E-state index contributed by atoms with van der Waals surface area (Å²) in [6, 6.07) is 8.85. The Labute approximate surface area is 136 Å². The Morgan fingerprint density at radius 3 is 2.00 bits per heavy atom. The summed E-state index contributed by atoms with van der Waals surface area (Å²) in [6.45, 7) is 5.09. The molecule has 0 aliphatic carbocycles. The van der Waals surface area contributed by atoms with Gasteiger partial charge in [-0.05, 0) is 33.3 Å². The molecule has 6 heteroatoms. The van der Waals surface area contributed by atoms with E-state index in [0.717, 1.165) is 0 Å². The predicted octanol–water partition coefficient (Wildman–Crippen LogP) is -0.0497. The van der Waals surface area contributed by atoms with E-state index in [1.54, 1.807) is 24.3 Å². The molecule has 0 spiro atoms. The summed E-state index contributed by atoms with van der Waals surface area (Å²) < 4.78 is 5.55. The highest BCUT2D eigenvalue weighted by Gasteiger charge is 2.71. The molecule has 1 heterocycles. The smallest absolute Gasteiger partial charge is 0.202 e. The SMILES string of the molecule is CC(O)[C@H]1O[C@@](O)(Cc2ccccc2)[C@](C)(O)[C@@](C)(O)[C@]1(C)O. The second-order valence-electron chi connectivity index (χ2n) is 7.02. The third-order valence-electron chi connectivity index (χ3n) is 5.29. The van der Waals surface area contributed by atoms with E-state index in [0.29, 0.717) is 5.56 Å². The van der Waals surface area contributed by atoms with Crippen LogP contribution >= 0.6 is 0 Å². The van der Waals surface area contributed by atoms with Crippen LogP contribution in [-0.2, 0) is 11.2 Å². The zero-order valence-corrected chi connectivity index (χ0v) is 13.9. The molecule has 0 bridgehead atoms. The number of ether oxygens (including phenoxy) is 1. The summed E-state index contributed by atoms with van der Waals surface area (Å²) in [5, 5.41) is 53.2. The standard InChI is InChI=1S/C17H26O6/c1-11(18)13-14(2,19)15(3,20)16(4,21)17(22,23-13)10-12-8-6-5-7-9-12/h5-9,11,13,18-22H,10H2,1-4H3/t11?,13-,14-,15+,16-,17+/m1/s1. The van der Waals surface area contributed by atoms with E-state index in [4.69, 9.17) is 4.74 Å². The van der Waals surface area contributed by atoms with Gasteiger partial charge in [0.25, 0.3) is 0 Å². The molecule has 0 radical (unpaired) electrons. The molecular formula is C17H26O6. The Hall–Kier alpha value is -1.02. The van der Waals surface area contributed by atoms with Gasteiger partial charge in [-0.2, -0.15) is 0 Å². The monoisotopic (exact) mass is 326 g/mol. The van der Waals surface area contributed by atoms with Crippen LogP contribution in [0.3, 0.4) is 0 Å². The molecule has 1 saturated heterocycles. The molecule has 5 N–H and O–H groups in total. The van der Waals surface area contributed by atoms with Crippen molar-refractivity contribution in [2.24, 2.45) is 0 Å². The van der Waals surface area contributed by atoms with Gasteiger partial charge in [0, 0.05) is 6.42 Å². The van der Waals surface area contributed by atoms with E-state index in [-0.39, 0.29) is 6.42 Å². The van der Waals surface area contributed by atoms with Crippen LogP contribution in [-0.4, -0.2) is 60.3 Å². The lowest BCUT2D eigenvalue weighted by molar-refractivity contribution is -0.434. The number of benzene rings is 1. The van der Waals surface area contributed by atoms with Gasteiger partial charge in [0.1, 0.15) is 22.9 Å². The van der Waals surface area contributed by atoms with Gasteiger partial charge in [-0.3, -0.25) is 0 Å². The van der Waals surface area contributed by atoms with E-state index in [2.05, 4.69) is 0 Å². The summed E-state index contributed by atoms with van der Waals surface area (Å²) >= 11 is 0. The van der Waals surface area contributed by atoms with Gasteiger partial charge in [-0.25, -0.2) is 0 Å². The van der Waals surface area contributed by atoms with Gasteiger partial charge in [-0.15, -0.1) is 0 Å². The molecule has 130 valence electrons. The molecule has 0 saturated carbocycles. The first-order chi connectivity index (χ1) is 10.4. The van der Waals surface area contributed by atoms with Crippen molar-refractivity contribution in [3.05, 3.63) is 35.9 Å². The highest BCUT2D eigenvalue weighted by Crippen LogP contribution is 2.49. The summed E-state index contributed by atoms with van der Waals surface area (Å²) in [4.78, 5) is 0. The van der Waals surface area contributed by atoms with Gasteiger partial charge in [0.15, 0.2) is 0 Å². The quantitative estimate of drug-likeness (QED) is 0.533. The number of rotatable bonds is 3. The number of hydrogen-bond acceptors (Lipinski definition) is 6. The molecule has 1 aliphatic rings. The van der Waals surface area contributed by atoms with Crippen LogP contribution in [0, 0.1) is 0 Å². The molecule has 2 rings (SSSR count). The zero-order valence-electron chi connectivity index (χ0n) is 13.9. The molecule has 6 nitrogen and oxygen atoms in total. The van der Waals surface area contributed by atoms with Crippen molar-refractivity contribution in [2.75, 3.05) is 0 Å². The molecule has 1 aromatic carbocycles. The van der Waals surface area contributed by atoms with Crippen molar-refractivity contribution in [2.45, 2.75) is 68.9 Å². The minimum absolute atomic E-state index is 0.115. The number of aliphatic hydroxyl groups is 5. The van der Waals surface area contributed by atoms with Crippen LogP contribution < -0.4 is 0 Å². The summed E-state index contributed by atoms with van der Waals surface area (Å²) in [7, 11) is 0. The van der Waals surface area contributed by atoms with Gasteiger partial charge in [0.2, 0.25) is 5.79 Å². The third-order valence-corrected chi connectivity index (χ3v) is 5.29. The van der Waals surface area contributed by atoms with Crippen LogP contribution in [0.1, 0.15) is 33.3 Å². The van der Waals surface area contributed by atoms with Gasteiger partial charge in [-0.1, -0.05) is 30.3 Å². The van der Waals surface area contributed by atoms with Crippen LogP contribution in [0.2, 0.25) is 0 Å². The van der Waals surface area contributed by atoms with Crippen molar-refractivity contribution in [1.29, 1.82) is 0 Å². The molecule has 0 aromatic heterocycles. The molecule has 1 aromatic rings. The minimum Gasteiger partial charge on any atom is -0.391 e. The maximum atomic E-state index is 11.0. The molecule has 1 fully saturated rings. The second-order valence-corrected chi connectivity index (χ2v) is 7.02. The Bertz CT molecular complexity index is 551. The highest BCUT2D eigenvalue weighted by atomic mass is 16.7. The molecule has 23 heavy (non-hydrogen) atoms. The summed E-state index contributed by atoms with van der Waals surface area (Å²) in [6.07, 6.45) is -2.57. The average Bonchev–Trinajstić information content (AvgIpc) is 2.43. The van der Waals surface area contributed by atoms with Gasteiger partial charge >= 0.3 is 0 Å². The van der Waals surface area contributed by atoms with Crippen molar-refractivity contribution < 1.29 is 30.3 Å². The first-order valence-corrected chi connectivity index (χ1v) is 7.66. The fourth-order valence-corrected chi connectivity index (χ4v) is 3.24. The first-order valence-electron chi connectivity index (χ1n) is 7.66. The lowest BCUT2D eigenvalue weighted by Gasteiger charge is -2.61. The lowest BCUT2D eigenvalue weighted by atomic mass is 9.63. The van der Waals surface area contributed by atoms with Gasteiger partial charge < -0.3 is 30.3 Å². The first kappa shape index (κ1) is 18.3. The van der Waals surface area contributed by atoms with Crippen LogP contribution in [0.25, 0.3) is 0 Å². The number of aliphatic hydroxyl groups excluding tert-OH is 1. The zero-order chi connectivity index (χ0) is 17.7. The summed E-state index contributed by atoms with van der Waals surface area (Å²) in [5.74, 6) is -2.19. The van der Waals surface area contributed by atoms with Crippen LogP contribution in [0.15, 0.2) is 30.3 Å². The van der Waals surface area contributed by atoms with E-state index >= 15 is 0 Å². The molecule has 1 aliphatic heterocycles. The van der Waals surface area contributed by atoms with Gasteiger partial charge in [0.05, 0.1) is 6.10 Å². The second kappa shape index (κ2) is 5.51. The highest BCUT2D eigenvalue weighted by molar-refractivity contribution is 5.24. The molecule has 6 atom stereocenters. The van der Waals surface area contributed by atoms with Crippen molar-refractivity contribution in [3.8, 4) is 0 Å². The normalized spacial score (nSPS) is 45.7. The fraction of sp³-hybridized carbons (Fsp3) is 0.647. The van der Waals surface area contributed by atoms with Crippen LogP contribution in [0.5, 0.6) is 0 Å². The Morgan fingerprint density at radius 2 is 1.52 bits per heavy atom. The van der Waals surface area contributed by atoms with E-state index in [1.165, 1.54) is 27.7 Å². The predicted molar refractivity (Wildman–Crippen MR) is 83.5 cm³/mol. The van der Waals surface area contributed by atoms with E-state index < -0.39 is 34.8 Å².